The second kappa shape index (κ2) is 4.65. The molecule has 0 unspecified atom stereocenters. The predicted octanol–water partition coefficient (Wildman–Crippen LogP) is 2.24. The highest BCUT2D eigenvalue weighted by atomic mass is 16.6. The lowest BCUT2D eigenvalue weighted by molar-refractivity contribution is -0.384. The van der Waals surface area contributed by atoms with Gasteiger partial charge in [0.2, 0.25) is 0 Å². The summed E-state index contributed by atoms with van der Waals surface area (Å²) in [5.74, 6) is 0. The molecule has 0 bridgehead atoms. The number of nitrogens with zero attached hydrogens (tertiary/aromatic N) is 2. The Balaban J connectivity index is 2.17. The van der Waals surface area contributed by atoms with Gasteiger partial charge in [0.15, 0.2) is 0 Å². The Morgan fingerprint density at radius 2 is 2.35 bits per heavy atom. The Morgan fingerprint density at radius 1 is 1.53 bits per heavy atom. The van der Waals surface area contributed by atoms with Crippen molar-refractivity contribution in [3.8, 4) is 0 Å². The Morgan fingerprint density at radius 3 is 3.00 bits per heavy atom. The molecule has 6 nitrogen and oxygen atoms in total. The van der Waals surface area contributed by atoms with Gasteiger partial charge in [-0.25, -0.2) is 0 Å². The van der Waals surface area contributed by atoms with Crippen LogP contribution in [0.15, 0.2) is 30.6 Å². The average molecular weight is 232 g/mol. The molecule has 2 rings (SSSR count). The van der Waals surface area contributed by atoms with E-state index in [0.29, 0.717) is 12.2 Å². The zero-order valence-electron chi connectivity index (χ0n) is 9.30. The van der Waals surface area contributed by atoms with Crippen molar-refractivity contribution in [2.75, 3.05) is 5.32 Å². The van der Waals surface area contributed by atoms with Crippen molar-refractivity contribution in [3.63, 3.8) is 0 Å². The van der Waals surface area contributed by atoms with Crippen LogP contribution < -0.4 is 5.32 Å². The third-order valence-corrected chi connectivity index (χ3v) is 2.39. The van der Waals surface area contributed by atoms with E-state index in [9.17, 15) is 10.1 Å². The van der Waals surface area contributed by atoms with Crippen molar-refractivity contribution < 1.29 is 4.92 Å². The lowest BCUT2D eigenvalue weighted by atomic mass is 10.2. The van der Waals surface area contributed by atoms with E-state index < -0.39 is 0 Å². The van der Waals surface area contributed by atoms with E-state index in [2.05, 4.69) is 15.5 Å². The van der Waals surface area contributed by atoms with Crippen molar-refractivity contribution >= 4 is 11.4 Å². The van der Waals surface area contributed by atoms with Crippen LogP contribution in [-0.2, 0) is 6.54 Å². The number of rotatable bonds is 4. The number of aromatic nitrogens is 2. The molecule has 1 aromatic carbocycles. The van der Waals surface area contributed by atoms with Gasteiger partial charge in [-0.2, -0.15) is 5.10 Å². The van der Waals surface area contributed by atoms with Crippen molar-refractivity contribution in [2.45, 2.75) is 13.5 Å². The first kappa shape index (κ1) is 11.1. The molecule has 0 fully saturated rings. The normalized spacial score (nSPS) is 10.2. The summed E-state index contributed by atoms with van der Waals surface area (Å²) in [5.41, 5.74) is 2.42. The fourth-order valence-electron chi connectivity index (χ4n) is 1.51. The summed E-state index contributed by atoms with van der Waals surface area (Å²) >= 11 is 0. The average Bonchev–Trinajstić information content (AvgIpc) is 2.80. The van der Waals surface area contributed by atoms with Gasteiger partial charge in [0, 0.05) is 24.4 Å². The number of anilines is 1. The smallest absolute Gasteiger partial charge is 0.292 e. The molecule has 0 spiro atoms. The molecule has 17 heavy (non-hydrogen) atoms. The van der Waals surface area contributed by atoms with Gasteiger partial charge in [-0.3, -0.25) is 15.2 Å². The summed E-state index contributed by atoms with van der Waals surface area (Å²) in [4.78, 5) is 10.5. The van der Waals surface area contributed by atoms with Gasteiger partial charge in [-0.15, -0.1) is 0 Å². The minimum Gasteiger partial charge on any atom is -0.375 e. The summed E-state index contributed by atoms with van der Waals surface area (Å²) in [6, 6.07) is 5.11. The van der Waals surface area contributed by atoms with Gasteiger partial charge in [0.25, 0.3) is 5.69 Å². The van der Waals surface area contributed by atoms with Crippen molar-refractivity contribution in [1.29, 1.82) is 0 Å². The van der Waals surface area contributed by atoms with Crippen LogP contribution in [0.2, 0.25) is 0 Å². The quantitative estimate of drug-likeness (QED) is 0.625. The molecule has 0 aliphatic carbocycles. The van der Waals surface area contributed by atoms with Crippen LogP contribution >= 0.6 is 0 Å². The number of hydrogen-bond donors (Lipinski definition) is 2. The first-order valence-corrected chi connectivity index (χ1v) is 5.13. The molecule has 0 saturated carbocycles. The van der Waals surface area contributed by atoms with Gasteiger partial charge in [0.1, 0.15) is 5.69 Å². The molecule has 88 valence electrons. The Kier molecular flexibility index (Phi) is 3.04. The van der Waals surface area contributed by atoms with Gasteiger partial charge in [-0.05, 0) is 18.6 Å². The predicted molar refractivity (Wildman–Crippen MR) is 63.7 cm³/mol. The Hall–Kier alpha value is -2.37. The maximum Gasteiger partial charge on any atom is 0.292 e. The summed E-state index contributed by atoms with van der Waals surface area (Å²) in [6.07, 6.45) is 3.42. The highest BCUT2D eigenvalue weighted by Crippen LogP contribution is 2.25. The standard InChI is InChI=1S/C11H12N4O2/c1-8-2-3-10(11(4-8)15(16)17)12-5-9-6-13-14-7-9/h2-4,6-7,12H,5H2,1H3,(H,13,14). The van der Waals surface area contributed by atoms with Crippen molar-refractivity contribution in [3.05, 3.63) is 51.8 Å². The van der Waals surface area contributed by atoms with E-state index in [4.69, 9.17) is 0 Å². The third kappa shape index (κ3) is 2.60. The fraction of sp³-hybridized carbons (Fsp3) is 0.182. The van der Waals surface area contributed by atoms with E-state index in [1.807, 2.05) is 13.0 Å². The molecule has 6 heteroatoms. The number of H-pyrrole nitrogens is 1. The zero-order valence-corrected chi connectivity index (χ0v) is 9.30. The molecule has 0 atom stereocenters. The van der Waals surface area contributed by atoms with Crippen LogP contribution in [-0.4, -0.2) is 15.1 Å². The molecule has 0 saturated heterocycles. The van der Waals surface area contributed by atoms with Crippen LogP contribution in [0.3, 0.4) is 0 Å². The first-order valence-electron chi connectivity index (χ1n) is 5.13. The molecule has 0 amide bonds. The first-order chi connectivity index (χ1) is 8.16. The molecular formula is C11H12N4O2. The second-order valence-corrected chi connectivity index (χ2v) is 3.74. The highest BCUT2D eigenvalue weighted by molar-refractivity contribution is 5.62. The van der Waals surface area contributed by atoms with Gasteiger partial charge < -0.3 is 5.32 Å². The molecule has 2 N–H and O–H groups in total. The van der Waals surface area contributed by atoms with Crippen LogP contribution in [0, 0.1) is 17.0 Å². The molecule has 0 aliphatic heterocycles. The zero-order chi connectivity index (χ0) is 12.3. The van der Waals surface area contributed by atoms with Crippen LogP contribution in [0.4, 0.5) is 11.4 Å². The maximum atomic E-state index is 10.9. The number of benzene rings is 1. The van der Waals surface area contributed by atoms with Gasteiger partial charge in [-0.1, -0.05) is 6.07 Å². The van der Waals surface area contributed by atoms with Crippen molar-refractivity contribution in [1.82, 2.24) is 10.2 Å². The summed E-state index contributed by atoms with van der Waals surface area (Å²) < 4.78 is 0. The number of aromatic amines is 1. The summed E-state index contributed by atoms with van der Waals surface area (Å²) in [7, 11) is 0. The lowest BCUT2D eigenvalue weighted by Crippen LogP contribution is -2.02. The van der Waals surface area contributed by atoms with E-state index in [-0.39, 0.29) is 10.6 Å². The number of nitro benzene ring substituents is 1. The molecule has 2 aromatic rings. The molecular weight excluding hydrogens is 220 g/mol. The van der Waals surface area contributed by atoms with Crippen molar-refractivity contribution in [2.24, 2.45) is 0 Å². The minimum atomic E-state index is -0.384. The molecule has 1 aromatic heterocycles. The topological polar surface area (TPSA) is 83.8 Å². The summed E-state index contributed by atoms with van der Waals surface area (Å²) in [5, 5.41) is 20.4. The Bertz CT molecular complexity index is 522. The Labute approximate surface area is 97.8 Å². The van der Waals surface area contributed by atoms with E-state index in [1.165, 1.54) is 0 Å². The monoisotopic (exact) mass is 232 g/mol. The number of aryl methyl sites for hydroxylation is 1. The minimum absolute atomic E-state index is 0.0912. The fourth-order valence-corrected chi connectivity index (χ4v) is 1.51. The SMILES string of the molecule is Cc1ccc(NCc2cn[nH]c2)c([N+](=O)[O-])c1. The van der Waals surface area contributed by atoms with Gasteiger partial charge in [0.05, 0.1) is 11.1 Å². The van der Waals surface area contributed by atoms with Gasteiger partial charge >= 0.3 is 0 Å². The molecule has 1 heterocycles. The van der Waals surface area contributed by atoms with Crippen LogP contribution in [0.1, 0.15) is 11.1 Å². The lowest BCUT2D eigenvalue weighted by Gasteiger charge is -2.06. The van der Waals surface area contributed by atoms with E-state index >= 15 is 0 Å². The maximum absolute atomic E-state index is 10.9. The molecule has 0 radical (unpaired) electrons. The summed E-state index contributed by atoms with van der Waals surface area (Å²) in [6.45, 7) is 2.33. The van der Waals surface area contributed by atoms with Crippen LogP contribution in [0.25, 0.3) is 0 Å². The van der Waals surface area contributed by atoms with E-state index in [0.717, 1.165) is 11.1 Å². The largest absolute Gasteiger partial charge is 0.375 e. The molecule has 0 aliphatic rings. The van der Waals surface area contributed by atoms with Crippen LogP contribution in [0.5, 0.6) is 0 Å². The third-order valence-electron chi connectivity index (χ3n) is 2.39. The second-order valence-electron chi connectivity index (χ2n) is 3.74. The number of hydrogen-bond acceptors (Lipinski definition) is 4. The number of nitrogens with one attached hydrogen (secondary N) is 2. The van der Waals surface area contributed by atoms with E-state index in [1.54, 1.807) is 24.5 Å². The number of nitro groups is 1. The highest BCUT2D eigenvalue weighted by Gasteiger charge is 2.13.